The molecule has 0 fully saturated rings. The van der Waals surface area contributed by atoms with E-state index in [4.69, 9.17) is 14.8 Å². The first kappa shape index (κ1) is 11.9. The minimum Gasteiger partial charge on any atom is -0.423 e. The Morgan fingerprint density at radius 3 is 2.60 bits per heavy atom. The first-order valence-corrected chi connectivity index (χ1v) is 4.65. The molecule has 0 saturated heterocycles. The van der Waals surface area contributed by atoms with Gasteiger partial charge in [-0.1, -0.05) is 0 Å². The molecule has 1 rings (SSSR count). The Balaban J connectivity index is 2.36. The van der Waals surface area contributed by atoms with Crippen molar-refractivity contribution in [2.75, 3.05) is 25.6 Å². The fourth-order valence-corrected chi connectivity index (χ4v) is 0.979. The van der Waals surface area contributed by atoms with Crippen LogP contribution in [0.3, 0.4) is 0 Å². The zero-order valence-electron chi connectivity index (χ0n) is 8.55. The fraction of sp³-hybridized carbons (Fsp3) is 0.500. The molecule has 0 radical (unpaired) electrons. The van der Waals surface area contributed by atoms with Crippen molar-refractivity contribution < 1.29 is 14.8 Å². The molecule has 0 unspecified atom stereocenters. The number of nitrogens with zero attached hydrogens (tertiary/aromatic N) is 2. The van der Waals surface area contributed by atoms with Crippen LogP contribution in [0.5, 0.6) is 0 Å². The van der Waals surface area contributed by atoms with E-state index in [9.17, 15) is 0 Å². The van der Waals surface area contributed by atoms with Crippen LogP contribution in [-0.4, -0.2) is 47.4 Å². The van der Waals surface area contributed by atoms with E-state index in [1.165, 1.54) is 12.4 Å². The number of aromatic nitrogens is 2. The minimum atomic E-state index is -1.52. The molecular weight excluding hydrogens is 197 g/mol. The molecule has 6 nitrogen and oxygen atoms in total. The molecule has 82 valence electrons. The van der Waals surface area contributed by atoms with Crippen LogP contribution in [-0.2, 0) is 4.74 Å². The molecule has 1 aromatic rings. The second-order valence-electron chi connectivity index (χ2n) is 2.99. The van der Waals surface area contributed by atoms with Gasteiger partial charge in [0.2, 0.25) is 5.95 Å². The lowest BCUT2D eigenvalue weighted by atomic mass is 9.83. The van der Waals surface area contributed by atoms with Gasteiger partial charge in [0.1, 0.15) is 0 Å². The van der Waals surface area contributed by atoms with Crippen molar-refractivity contribution >= 4 is 18.5 Å². The molecule has 15 heavy (non-hydrogen) atoms. The maximum absolute atomic E-state index is 8.80. The summed E-state index contributed by atoms with van der Waals surface area (Å²) in [6.07, 6.45) is 3.61. The van der Waals surface area contributed by atoms with Crippen molar-refractivity contribution in [3.8, 4) is 0 Å². The maximum atomic E-state index is 8.80. The lowest BCUT2D eigenvalue weighted by Gasteiger charge is -2.04. The summed E-state index contributed by atoms with van der Waals surface area (Å²) in [6, 6.07) is 0. The quantitative estimate of drug-likeness (QED) is 0.396. The van der Waals surface area contributed by atoms with Crippen LogP contribution in [0.1, 0.15) is 6.42 Å². The third kappa shape index (κ3) is 4.24. The van der Waals surface area contributed by atoms with E-state index in [0.29, 0.717) is 12.6 Å². The van der Waals surface area contributed by atoms with Gasteiger partial charge in [0.25, 0.3) is 0 Å². The molecular formula is C8H14BN3O3. The largest absolute Gasteiger partial charge is 0.491 e. The Bertz CT molecular complexity index is 281. The Hall–Kier alpha value is -1.18. The number of hydrogen-bond acceptors (Lipinski definition) is 6. The lowest BCUT2D eigenvalue weighted by molar-refractivity contribution is 0.197. The SMILES string of the molecule is COCCCNc1ncc(B(O)O)cn1. The maximum Gasteiger partial charge on any atom is 0.491 e. The van der Waals surface area contributed by atoms with Crippen LogP contribution in [0.25, 0.3) is 0 Å². The standard InChI is InChI=1S/C8H14BN3O3/c1-15-4-2-3-10-8-11-5-7(6-12-8)9(13)14/h5-6,13-14H,2-4H2,1H3,(H,10,11,12). The number of methoxy groups -OCH3 is 1. The molecule has 0 bridgehead atoms. The Labute approximate surface area is 88.5 Å². The van der Waals surface area contributed by atoms with E-state index in [-0.39, 0.29) is 5.46 Å². The van der Waals surface area contributed by atoms with Gasteiger partial charge in [-0.3, -0.25) is 0 Å². The predicted octanol–water partition coefficient (Wildman–Crippen LogP) is -1.40. The van der Waals surface area contributed by atoms with Gasteiger partial charge in [0.15, 0.2) is 0 Å². The Morgan fingerprint density at radius 1 is 1.40 bits per heavy atom. The van der Waals surface area contributed by atoms with Crippen LogP contribution in [0.4, 0.5) is 5.95 Å². The van der Waals surface area contributed by atoms with Crippen molar-refractivity contribution in [3.63, 3.8) is 0 Å². The normalized spacial score (nSPS) is 10.1. The Morgan fingerprint density at radius 2 is 2.07 bits per heavy atom. The van der Waals surface area contributed by atoms with Gasteiger partial charge in [-0.15, -0.1) is 0 Å². The highest BCUT2D eigenvalue weighted by Crippen LogP contribution is 1.93. The van der Waals surface area contributed by atoms with Crippen LogP contribution in [0.15, 0.2) is 12.4 Å². The van der Waals surface area contributed by atoms with E-state index in [0.717, 1.165) is 13.0 Å². The number of rotatable bonds is 6. The average Bonchev–Trinajstić information content (AvgIpc) is 2.25. The molecule has 0 aliphatic rings. The first-order chi connectivity index (χ1) is 7.24. The van der Waals surface area contributed by atoms with E-state index < -0.39 is 7.12 Å². The third-order valence-corrected chi connectivity index (χ3v) is 1.78. The molecule has 1 heterocycles. The molecule has 0 saturated carbocycles. The molecule has 0 amide bonds. The lowest BCUT2D eigenvalue weighted by Crippen LogP contribution is -2.30. The van der Waals surface area contributed by atoms with E-state index in [1.54, 1.807) is 7.11 Å². The summed E-state index contributed by atoms with van der Waals surface area (Å²) in [5.74, 6) is 0.468. The third-order valence-electron chi connectivity index (χ3n) is 1.78. The molecule has 3 N–H and O–H groups in total. The second-order valence-corrected chi connectivity index (χ2v) is 2.99. The van der Waals surface area contributed by atoms with Crippen LogP contribution >= 0.6 is 0 Å². The molecule has 0 spiro atoms. The summed E-state index contributed by atoms with van der Waals surface area (Å²) in [4.78, 5) is 7.83. The average molecular weight is 211 g/mol. The number of anilines is 1. The summed E-state index contributed by atoms with van der Waals surface area (Å²) >= 11 is 0. The fourth-order valence-electron chi connectivity index (χ4n) is 0.979. The second kappa shape index (κ2) is 6.33. The molecule has 1 aromatic heterocycles. The zero-order chi connectivity index (χ0) is 11.1. The highest BCUT2D eigenvalue weighted by molar-refractivity contribution is 6.58. The van der Waals surface area contributed by atoms with Gasteiger partial charge >= 0.3 is 7.12 Å². The minimum absolute atomic E-state index is 0.275. The topological polar surface area (TPSA) is 87.5 Å². The molecule has 0 aliphatic heterocycles. The van der Waals surface area contributed by atoms with E-state index in [1.807, 2.05) is 0 Å². The van der Waals surface area contributed by atoms with Gasteiger partial charge in [-0.05, 0) is 6.42 Å². The summed E-state index contributed by atoms with van der Waals surface area (Å²) < 4.78 is 4.88. The highest BCUT2D eigenvalue weighted by Gasteiger charge is 2.11. The van der Waals surface area contributed by atoms with Gasteiger partial charge < -0.3 is 20.1 Å². The molecule has 0 atom stereocenters. The monoisotopic (exact) mass is 211 g/mol. The van der Waals surface area contributed by atoms with Crippen LogP contribution in [0, 0.1) is 0 Å². The van der Waals surface area contributed by atoms with E-state index in [2.05, 4.69) is 15.3 Å². The van der Waals surface area contributed by atoms with Crippen molar-refractivity contribution in [2.24, 2.45) is 0 Å². The zero-order valence-corrected chi connectivity index (χ0v) is 8.55. The summed E-state index contributed by atoms with van der Waals surface area (Å²) in [6.45, 7) is 1.40. The summed E-state index contributed by atoms with van der Waals surface area (Å²) in [5.41, 5.74) is 0.275. The van der Waals surface area contributed by atoms with Gasteiger partial charge in [-0.2, -0.15) is 0 Å². The van der Waals surface area contributed by atoms with Gasteiger partial charge in [-0.25, -0.2) is 9.97 Å². The smallest absolute Gasteiger partial charge is 0.423 e. The van der Waals surface area contributed by atoms with Crippen molar-refractivity contribution in [3.05, 3.63) is 12.4 Å². The summed E-state index contributed by atoms with van der Waals surface area (Å²) in [7, 11) is 0.126. The number of nitrogens with one attached hydrogen (secondary N) is 1. The highest BCUT2D eigenvalue weighted by atomic mass is 16.5. The van der Waals surface area contributed by atoms with Crippen LogP contribution < -0.4 is 10.8 Å². The van der Waals surface area contributed by atoms with Crippen molar-refractivity contribution in [1.82, 2.24) is 9.97 Å². The number of ether oxygens (including phenoxy) is 1. The first-order valence-electron chi connectivity index (χ1n) is 4.65. The summed E-state index contributed by atoms with van der Waals surface area (Å²) in [5, 5.41) is 20.6. The predicted molar refractivity (Wildman–Crippen MR) is 56.8 cm³/mol. The molecule has 7 heteroatoms. The van der Waals surface area contributed by atoms with E-state index >= 15 is 0 Å². The van der Waals surface area contributed by atoms with Gasteiger partial charge in [0.05, 0.1) is 0 Å². The Kier molecular flexibility index (Phi) is 5.02. The molecule has 0 aromatic carbocycles. The van der Waals surface area contributed by atoms with Gasteiger partial charge in [0, 0.05) is 38.1 Å². The van der Waals surface area contributed by atoms with Crippen molar-refractivity contribution in [1.29, 1.82) is 0 Å². The van der Waals surface area contributed by atoms with Crippen LogP contribution in [0.2, 0.25) is 0 Å². The molecule has 0 aliphatic carbocycles. The number of hydrogen-bond donors (Lipinski definition) is 3. The van der Waals surface area contributed by atoms with Crippen molar-refractivity contribution in [2.45, 2.75) is 6.42 Å².